The van der Waals surface area contributed by atoms with E-state index in [1.165, 1.54) is 6.42 Å². The average Bonchev–Trinajstić information content (AvgIpc) is 2.49. The van der Waals surface area contributed by atoms with Crippen LogP contribution in [0.4, 0.5) is 0 Å². The maximum absolute atomic E-state index is 12.4. The lowest BCUT2D eigenvalue weighted by atomic mass is 9.73. The highest BCUT2D eigenvalue weighted by Gasteiger charge is 2.38. The molecule has 1 aromatic carbocycles. The first-order valence-electron chi connectivity index (χ1n) is 7.28. The first-order chi connectivity index (χ1) is 9.61. The minimum Gasteiger partial charge on any atom is -0.497 e. The number of methoxy groups -OCH3 is 1. The summed E-state index contributed by atoms with van der Waals surface area (Å²) >= 11 is 0. The molecule has 4 heteroatoms. The normalized spacial score (nSPS) is 26.1. The molecule has 2 unspecified atom stereocenters. The van der Waals surface area contributed by atoms with Crippen molar-refractivity contribution in [1.29, 1.82) is 0 Å². The van der Waals surface area contributed by atoms with E-state index in [4.69, 9.17) is 10.5 Å². The van der Waals surface area contributed by atoms with E-state index in [1.54, 1.807) is 31.4 Å². The van der Waals surface area contributed by atoms with Gasteiger partial charge in [-0.3, -0.25) is 4.79 Å². The van der Waals surface area contributed by atoms with Crippen LogP contribution < -0.4 is 15.8 Å². The second-order valence-electron chi connectivity index (χ2n) is 5.69. The number of amides is 1. The Balaban J connectivity index is 2.11. The molecule has 1 amide bonds. The van der Waals surface area contributed by atoms with Crippen LogP contribution in [0.1, 0.15) is 43.0 Å². The number of nitrogens with one attached hydrogen (secondary N) is 1. The SMILES string of the molecule is COc1ccc(C(=O)NC2(CN)CCCCC2C)cc1. The third-order valence-corrected chi connectivity index (χ3v) is 4.53. The molecule has 1 aliphatic carbocycles. The Morgan fingerprint density at radius 2 is 2.10 bits per heavy atom. The molecular formula is C16H24N2O2. The molecule has 0 spiro atoms. The molecule has 1 aliphatic rings. The van der Waals surface area contributed by atoms with E-state index in [0.717, 1.165) is 25.0 Å². The molecule has 1 aromatic rings. The Hall–Kier alpha value is -1.55. The van der Waals surface area contributed by atoms with Gasteiger partial charge >= 0.3 is 0 Å². The third kappa shape index (κ3) is 2.96. The molecule has 2 atom stereocenters. The second-order valence-corrected chi connectivity index (χ2v) is 5.69. The lowest BCUT2D eigenvalue weighted by Gasteiger charge is -2.42. The topological polar surface area (TPSA) is 64.3 Å². The highest BCUT2D eigenvalue weighted by molar-refractivity contribution is 5.94. The van der Waals surface area contributed by atoms with Crippen LogP contribution in [0, 0.1) is 5.92 Å². The van der Waals surface area contributed by atoms with Crippen molar-refractivity contribution >= 4 is 5.91 Å². The van der Waals surface area contributed by atoms with Crippen LogP contribution in [0.5, 0.6) is 5.75 Å². The van der Waals surface area contributed by atoms with Crippen LogP contribution >= 0.6 is 0 Å². The summed E-state index contributed by atoms with van der Waals surface area (Å²) in [6.45, 7) is 2.68. The van der Waals surface area contributed by atoms with Crippen LogP contribution in [0.3, 0.4) is 0 Å². The molecule has 20 heavy (non-hydrogen) atoms. The molecule has 0 saturated heterocycles. The molecule has 1 saturated carbocycles. The zero-order valence-electron chi connectivity index (χ0n) is 12.3. The van der Waals surface area contributed by atoms with E-state index in [1.807, 2.05) is 0 Å². The largest absolute Gasteiger partial charge is 0.497 e. The van der Waals surface area contributed by atoms with E-state index in [-0.39, 0.29) is 11.4 Å². The number of nitrogens with two attached hydrogens (primary N) is 1. The summed E-state index contributed by atoms with van der Waals surface area (Å²) < 4.78 is 5.11. The number of rotatable bonds is 4. The van der Waals surface area contributed by atoms with Crippen molar-refractivity contribution in [2.24, 2.45) is 11.7 Å². The van der Waals surface area contributed by atoms with Gasteiger partial charge in [0.05, 0.1) is 12.6 Å². The number of carbonyl (C=O) groups excluding carboxylic acids is 1. The molecule has 2 rings (SSSR count). The predicted octanol–water partition coefficient (Wildman–Crippen LogP) is 2.33. The second kappa shape index (κ2) is 6.27. The minimum atomic E-state index is -0.255. The van der Waals surface area contributed by atoms with Gasteiger partial charge in [0.1, 0.15) is 5.75 Å². The fraction of sp³-hybridized carbons (Fsp3) is 0.562. The standard InChI is InChI=1S/C16H24N2O2/c1-12-5-3-4-10-16(12,11-17)18-15(19)13-6-8-14(20-2)9-7-13/h6-9,12H,3-5,10-11,17H2,1-2H3,(H,18,19). The molecule has 0 aliphatic heterocycles. The number of benzene rings is 1. The number of hydrogen-bond acceptors (Lipinski definition) is 3. The fourth-order valence-corrected chi connectivity index (χ4v) is 2.99. The van der Waals surface area contributed by atoms with Gasteiger partial charge < -0.3 is 15.8 Å². The summed E-state index contributed by atoms with van der Waals surface area (Å²) in [5.74, 6) is 1.12. The van der Waals surface area contributed by atoms with E-state index in [2.05, 4.69) is 12.2 Å². The quantitative estimate of drug-likeness (QED) is 0.887. The Morgan fingerprint density at radius 3 is 2.65 bits per heavy atom. The van der Waals surface area contributed by atoms with Crippen LogP contribution in [-0.4, -0.2) is 25.1 Å². The van der Waals surface area contributed by atoms with E-state index in [0.29, 0.717) is 18.0 Å². The first kappa shape index (κ1) is 14.9. The molecule has 0 bridgehead atoms. The summed E-state index contributed by atoms with van der Waals surface area (Å²) in [7, 11) is 1.61. The lowest BCUT2D eigenvalue weighted by molar-refractivity contribution is 0.0813. The summed E-state index contributed by atoms with van der Waals surface area (Å²) in [5, 5.41) is 3.18. The Bertz CT molecular complexity index is 458. The van der Waals surface area contributed by atoms with Gasteiger partial charge in [-0.05, 0) is 43.0 Å². The molecule has 3 N–H and O–H groups in total. The molecule has 0 aromatic heterocycles. The van der Waals surface area contributed by atoms with Gasteiger partial charge in [-0.15, -0.1) is 0 Å². The van der Waals surface area contributed by atoms with Gasteiger partial charge in [-0.2, -0.15) is 0 Å². The number of carbonyl (C=O) groups is 1. The summed E-state index contributed by atoms with van der Waals surface area (Å²) in [6.07, 6.45) is 4.44. The molecule has 110 valence electrons. The number of hydrogen-bond donors (Lipinski definition) is 2. The molecule has 0 radical (unpaired) electrons. The summed E-state index contributed by atoms with van der Waals surface area (Å²) in [4.78, 5) is 12.4. The molecular weight excluding hydrogens is 252 g/mol. The van der Waals surface area contributed by atoms with Crippen molar-refractivity contribution in [3.63, 3.8) is 0 Å². The third-order valence-electron chi connectivity index (χ3n) is 4.53. The van der Waals surface area contributed by atoms with Gasteiger partial charge in [0.25, 0.3) is 5.91 Å². The Morgan fingerprint density at radius 1 is 1.40 bits per heavy atom. The minimum absolute atomic E-state index is 0.0492. The van der Waals surface area contributed by atoms with Crippen LogP contribution in [0.15, 0.2) is 24.3 Å². The molecule has 0 heterocycles. The Labute approximate surface area is 120 Å². The van der Waals surface area contributed by atoms with Gasteiger partial charge in [0, 0.05) is 12.1 Å². The Kier molecular flexibility index (Phi) is 4.65. The van der Waals surface area contributed by atoms with Crippen molar-refractivity contribution in [3.8, 4) is 5.75 Å². The number of ether oxygens (including phenoxy) is 1. The first-order valence-corrected chi connectivity index (χ1v) is 7.28. The van der Waals surface area contributed by atoms with Crippen molar-refractivity contribution in [3.05, 3.63) is 29.8 Å². The maximum Gasteiger partial charge on any atom is 0.251 e. The van der Waals surface area contributed by atoms with E-state index in [9.17, 15) is 4.79 Å². The average molecular weight is 276 g/mol. The highest BCUT2D eigenvalue weighted by atomic mass is 16.5. The zero-order valence-corrected chi connectivity index (χ0v) is 12.3. The van der Waals surface area contributed by atoms with E-state index >= 15 is 0 Å². The summed E-state index contributed by atoms with van der Waals surface area (Å²) in [5.41, 5.74) is 6.36. The highest BCUT2D eigenvalue weighted by Crippen LogP contribution is 2.33. The fourth-order valence-electron chi connectivity index (χ4n) is 2.99. The van der Waals surface area contributed by atoms with Crippen LogP contribution in [0.2, 0.25) is 0 Å². The maximum atomic E-state index is 12.4. The van der Waals surface area contributed by atoms with Gasteiger partial charge in [-0.25, -0.2) is 0 Å². The van der Waals surface area contributed by atoms with Crippen molar-refractivity contribution in [1.82, 2.24) is 5.32 Å². The van der Waals surface area contributed by atoms with Crippen LogP contribution in [-0.2, 0) is 0 Å². The van der Waals surface area contributed by atoms with Crippen molar-refractivity contribution in [2.75, 3.05) is 13.7 Å². The van der Waals surface area contributed by atoms with Crippen molar-refractivity contribution < 1.29 is 9.53 Å². The zero-order chi connectivity index (χ0) is 14.6. The smallest absolute Gasteiger partial charge is 0.251 e. The van der Waals surface area contributed by atoms with Gasteiger partial charge in [0.2, 0.25) is 0 Å². The monoisotopic (exact) mass is 276 g/mol. The lowest BCUT2D eigenvalue weighted by Crippen LogP contribution is -2.59. The van der Waals surface area contributed by atoms with Crippen molar-refractivity contribution in [2.45, 2.75) is 38.1 Å². The van der Waals surface area contributed by atoms with Crippen LogP contribution in [0.25, 0.3) is 0 Å². The van der Waals surface area contributed by atoms with Gasteiger partial charge in [-0.1, -0.05) is 19.8 Å². The van der Waals surface area contributed by atoms with Gasteiger partial charge in [0.15, 0.2) is 0 Å². The molecule has 1 fully saturated rings. The summed E-state index contributed by atoms with van der Waals surface area (Å²) in [6, 6.07) is 7.17. The predicted molar refractivity (Wildman–Crippen MR) is 79.9 cm³/mol. The van der Waals surface area contributed by atoms with E-state index < -0.39 is 0 Å². The molecule has 4 nitrogen and oxygen atoms in total.